The Hall–Kier alpha value is -1.93. The van der Waals surface area contributed by atoms with E-state index in [1.807, 2.05) is 24.3 Å². The molecule has 22 heavy (non-hydrogen) atoms. The maximum absolute atomic E-state index is 13.6. The van der Waals surface area contributed by atoms with E-state index in [0.29, 0.717) is 5.78 Å². The summed E-state index contributed by atoms with van der Waals surface area (Å²) in [7, 11) is 0. The second kappa shape index (κ2) is 4.79. The number of Topliss-reactive ketones (excluding diaryl/α,β-unsaturated/α-hetero) is 1. The Morgan fingerprint density at radius 1 is 0.818 bits per heavy atom. The van der Waals surface area contributed by atoms with Crippen molar-refractivity contribution in [2.75, 3.05) is 13.1 Å². The van der Waals surface area contributed by atoms with Crippen molar-refractivity contribution < 1.29 is 4.79 Å². The van der Waals surface area contributed by atoms with E-state index in [4.69, 9.17) is 0 Å². The Kier molecular flexibility index (Phi) is 2.98. The molecule has 3 heterocycles. The van der Waals surface area contributed by atoms with Crippen molar-refractivity contribution in [3.05, 3.63) is 71.8 Å². The van der Waals surface area contributed by atoms with Crippen molar-refractivity contribution in [2.45, 2.75) is 30.7 Å². The zero-order valence-corrected chi connectivity index (χ0v) is 13.0. The summed E-state index contributed by atoms with van der Waals surface area (Å²) < 4.78 is 0. The number of carbonyl (C=O) groups excluding carboxylic acids is 1. The van der Waals surface area contributed by atoms with Gasteiger partial charge >= 0.3 is 0 Å². The lowest BCUT2D eigenvalue weighted by Gasteiger charge is -2.57. The van der Waals surface area contributed by atoms with Crippen molar-refractivity contribution in [1.82, 2.24) is 4.90 Å². The van der Waals surface area contributed by atoms with Crippen LogP contribution in [0.3, 0.4) is 0 Å². The molecule has 0 aliphatic carbocycles. The second-order valence-corrected chi connectivity index (χ2v) is 6.70. The van der Waals surface area contributed by atoms with Crippen molar-refractivity contribution in [2.24, 2.45) is 0 Å². The summed E-state index contributed by atoms with van der Waals surface area (Å²) in [5, 5.41) is 0. The predicted molar refractivity (Wildman–Crippen MR) is 87.7 cm³/mol. The van der Waals surface area contributed by atoms with Crippen LogP contribution in [0.4, 0.5) is 0 Å². The Bertz CT molecular complexity index is 643. The van der Waals surface area contributed by atoms with E-state index in [0.717, 1.165) is 31.5 Å². The minimum absolute atomic E-state index is 0.305. The summed E-state index contributed by atoms with van der Waals surface area (Å²) in [4.78, 5) is 16.0. The molecule has 0 radical (unpaired) electrons. The van der Waals surface area contributed by atoms with Gasteiger partial charge in [-0.05, 0) is 30.9 Å². The first kappa shape index (κ1) is 13.7. The van der Waals surface area contributed by atoms with Gasteiger partial charge in [0.2, 0.25) is 0 Å². The zero-order valence-electron chi connectivity index (χ0n) is 13.0. The monoisotopic (exact) mass is 291 g/mol. The average molecular weight is 291 g/mol. The topological polar surface area (TPSA) is 20.3 Å². The molecule has 2 nitrogen and oxygen atoms in total. The Balaban J connectivity index is 1.86. The fourth-order valence-corrected chi connectivity index (χ4v) is 4.43. The normalized spacial score (nSPS) is 33.9. The Morgan fingerprint density at radius 2 is 1.32 bits per heavy atom. The largest absolute Gasteiger partial charge is 0.296 e. The third-order valence-corrected chi connectivity index (χ3v) is 5.79. The third kappa shape index (κ3) is 1.67. The number of benzene rings is 2. The molecule has 0 aromatic heterocycles. The van der Waals surface area contributed by atoms with Gasteiger partial charge in [0.1, 0.15) is 5.54 Å². The summed E-state index contributed by atoms with van der Waals surface area (Å²) >= 11 is 0. The van der Waals surface area contributed by atoms with Crippen molar-refractivity contribution in [3.63, 3.8) is 0 Å². The number of fused-ring (bicyclic) bond motifs is 3. The molecule has 2 aromatic carbocycles. The van der Waals surface area contributed by atoms with E-state index >= 15 is 0 Å². The van der Waals surface area contributed by atoms with Gasteiger partial charge in [0.05, 0.1) is 5.41 Å². The number of piperidine rings is 3. The zero-order chi connectivity index (χ0) is 15.2. The summed E-state index contributed by atoms with van der Waals surface area (Å²) in [6, 6.07) is 20.7. The Labute approximate surface area is 131 Å². The van der Waals surface area contributed by atoms with Gasteiger partial charge in [-0.15, -0.1) is 0 Å². The van der Waals surface area contributed by atoms with Gasteiger partial charge in [-0.1, -0.05) is 60.7 Å². The van der Waals surface area contributed by atoms with E-state index in [-0.39, 0.29) is 5.41 Å². The lowest BCUT2D eigenvalue weighted by Crippen LogP contribution is -2.67. The van der Waals surface area contributed by atoms with Gasteiger partial charge in [0.25, 0.3) is 0 Å². The summed E-state index contributed by atoms with van der Waals surface area (Å²) in [5.41, 5.74) is 1.52. The number of hydrogen-bond donors (Lipinski definition) is 0. The van der Waals surface area contributed by atoms with Crippen molar-refractivity contribution in [3.8, 4) is 0 Å². The van der Waals surface area contributed by atoms with E-state index in [2.05, 4.69) is 48.2 Å². The summed E-state index contributed by atoms with van der Waals surface area (Å²) in [6.07, 6.45) is 1.89. The molecule has 5 rings (SSSR count). The molecule has 3 aliphatic rings. The van der Waals surface area contributed by atoms with Crippen LogP contribution in [0.15, 0.2) is 60.7 Å². The average Bonchev–Trinajstić information content (AvgIpc) is 2.61. The fourth-order valence-electron chi connectivity index (χ4n) is 4.43. The molecule has 2 bridgehead atoms. The molecule has 112 valence electrons. The Morgan fingerprint density at radius 3 is 1.86 bits per heavy atom. The molecular formula is C20H21NO. The lowest BCUT2D eigenvalue weighted by atomic mass is 9.58. The molecule has 0 saturated carbocycles. The van der Waals surface area contributed by atoms with E-state index in [9.17, 15) is 4.79 Å². The van der Waals surface area contributed by atoms with Crippen LogP contribution >= 0.6 is 0 Å². The van der Waals surface area contributed by atoms with Crippen LogP contribution in [0.25, 0.3) is 0 Å². The maximum atomic E-state index is 13.6. The van der Waals surface area contributed by atoms with Crippen LogP contribution < -0.4 is 0 Å². The SMILES string of the molecule is CC1(c2ccccc2)C(=O)C2(c3ccccc3)CCN1CC2. The second-order valence-electron chi connectivity index (χ2n) is 6.70. The van der Waals surface area contributed by atoms with Gasteiger partial charge in [0.15, 0.2) is 5.78 Å². The van der Waals surface area contributed by atoms with Gasteiger partial charge < -0.3 is 0 Å². The van der Waals surface area contributed by atoms with Gasteiger partial charge in [0, 0.05) is 13.1 Å². The molecule has 1 unspecified atom stereocenters. The van der Waals surface area contributed by atoms with Crippen LogP contribution in [0, 0.1) is 0 Å². The highest BCUT2D eigenvalue weighted by Crippen LogP contribution is 2.50. The summed E-state index contributed by atoms with van der Waals surface area (Å²) in [5.74, 6) is 0.370. The van der Waals surface area contributed by atoms with Gasteiger partial charge in [-0.25, -0.2) is 0 Å². The first-order valence-corrected chi connectivity index (χ1v) is 8.09. The van der Waals surface area contributed by atoms with Crippen molar-refractivity contribution >= 4 is 5.78 Å². The first-order valence-electron chi connectivity index (χ1n) is 8.09. The van der Waals surface area contributed by atoms with Crippen molar-refractivity contribution in [1.29, 1.82) is 0 Å². The van der Waals surface area contributed by atoms with E-state index in [1.54, 1.807) is 0 Å². The quantitative estimate of drug-likeness (QED) is 0.844. The van der Waals surface area contributed by atoms with Crippen LogP contribution in [0.5, 0.6) is 0 Å². The predicted octanol–water partition coefficient (Wildman–Crippen LogP) is 3.52. The molecule has 2 heteroatoms. The highest BCUT2D eigenvalue weighted by Gasteiger charge is 2.59. The molecular weight excluding hydrogens is 270 g/mol. The van der Waals surface area contributed by atoms with Crippen LogP contribution in [-0.2, 0) is 15.7 Å². The third-order valence-electron chi connectivity index (χ3n) is 5.79. The number of ketones is 1. The molecule has 2 aromatic rings. The van der Waals surface area contributed by atoms with Crippen LogP contribution in [-0.4, -0.2) is 23.8 Å². The van der Waals surface area contributed by atoms with Crippen LogP contribution in [0.2, 0.25) is 0 Å². The number of rotatable bonds is 2. The van der Waals surface area contributed by atoms with Crippen LogP contribution in [0.1, 0.15) is 30.9 Å². The highest BCUT2D eigenvalue weighted by molar-refractivity contribution is 5.99. The first-order chi connectivity index (χ1) is 10.7. The minimum Gasteiger partial charge on any atom is -0.296 e. The molecule has 3 saturated heterocycles. The molecule has 0 amide bonds. The van der Waals surface area contributed by atoms with E-state index in [1.165, 1.54) is 5.56 Å². The molecule has 3 fully saturated rings. The number of nitrogens with zero attached hydrogens (tertiary/aromatic N) is 1. The molecule has 1 atom stereocenters. The molecule has 3 aliphatic heterocycles. The fraction of sp³-hybridized carbons (Fsp3) is 0.350. The lowest BCUT2D eigenvalue weighted by molar-refractivity contribution is -0.151. The van der Waals surface area contributed by atoms with E-state index < -0.39 is 5.54 Å². The number of carbonyl (C=O) groups is 1. The maximum Gasteiger partial charge on any atom is 0.167 e. The van der Waals surface area contributed by atoms with Gasteiger partial charge in [-0.3, -0.25) is 9.69 Å². The smallest absolute Gasteiger partial charge is 0.167 e. The molecule has 0 spiro atoms. The van der Waals surface area contributed by atoms with Gasteiger partial charge in [-0.2, -0.15) is 0 Å². The number of hydrogen-bond acceptors (Lipinski definition) is 2. The standard InChI is InChI=1S/C20H21NO/c1-19(16-8-4-2-5-9-16)18(22)20(12-14-21(19)15-13-20)17-10-6-3-7-11-17/h2-11H,12-15H2,1H3. The molecule has 0 N–H and O–H groups in total. The minimum atomic E-state index is -0.492. The highest BCUT2D eigenvalue weighted by atomic mass is 16.1. The summed E-state index contributed by atoms with van der Waals surface area (Å²) in [6.45, 7) is 4.10.